The number of β-amino-alcohol motifs (C(OH)–C–C–N with tert-alkyl or cyclic N) is 1. The molecule has 40 heavy (non-hydrogen) atoms. The number of amides is 2. The van der Waals surface area contributed by atoms with Gasteiger partial charge in [0.2, 0.25) is 5.91 Å². The van der Waals surface area contributed by atoms with Crippen LogP contribution < -0.4 is 10.6 Å². The second-order valence-corrected chi connectivity index (χ2v) is 11.6. The number of carbonyl (C=O) groups is 3. The summed E-state index contributed by atoms with van der Waals surface area (Å²) in [6.07, 6.45) is 2.50. The number of carbonyl (C=O) groups excluding carboxylic acids is 3. The predicted molar refractivity (Wildman–Crippen MR) is 156 cm³/mol. The summed E-state index contributed by atoms with van der Waals surface area (Å²) in [4.78, 5) is 39.6. The zero-order valence-corrected chi connectivity index (χ0v) is 24.2. The molecule has 0 bridgehead atoms. The molecule has 1 saturated heterocycles. The van der Waals surface area contributed by atoms with Crippen molar-refractivity contribution < 1.29 is 29.0 Å². The molecule has 0 saturated carbocycles. The average molecular weight is 552 g/mol. The van der Waals surface area contributed by atoms with E-state index in [9.17, 15) is 19.5 Å². The van der Waals surface area contributed by atoms with Crippen molar-refractivity contribution in [3.8, 4) is 0 Å². The maximum Gasteiger partial charge on any atom is 0.412 e. The highest BCUT2D eigenvalue weighted by Crippen LogP contribution is 2.34. The Bertz CT molecular complexity index is 1210. The number of benzene rings is 2. The maximum absolute atomic E-state index is 12.7. The van der Waals surface area contributed by atoms with E-state index in [0.717, 1.165) is 11.1 Å². The first-order valence-corrected chi connectivity index (χ1v) is 13.5. The zero-order valence-electron chi connectivity index (χ0n) is 24.2. The third-order valence-electron chi connectivity index (χ3n) is 6.21. The first kappa shape index (κ1) is 30.8. The Morgan fingerprint density at radius 3 is 2.17 bits per heavy atom. The van der Waals surface area contributed by atoms with Gasteiger partial charge in [0.05, 0.1) is 29.5 Å². The van der Waals surface area contributed by atoms with Gasteiger partial charge in [-0.2, -0.15) is 0 Å². The Kier molecular flexibility index (Phi) is 10.1. The number of likely N-dealkylation sites (tertiary alicyclic amines) is 1. The zero-order chi connectivity index (χ0) is 29.5. The van der Waals surface area contributed by atoms with Crippen LogP contribution in [0.5, 0.6) is 0 Å². The molecule has 3 N–H and O–H groups in total. The molecule has 1 aliphatic rings. The molecule has 1 aliphatic heterocycles. The topological polar surface area (TPSA) is 117 Å². The van der Waals surface area contributed by atoms with Gasteiger partial charge in [-0.25, -0.2) is 4.79 Å². The summed E-state index contributed by atoms with van der Waals surface area (Å²) in [5.41, 5.74) is 1.18. The molecular weight excluding hydrogens is 510 g/mol. The number of nitrogens with zero attached hydrogens (tertiary/aromatic N) is 1. The van der Waals surface area contributed by atoms with E-state index in [1.54, 1.807) is 71.9 Å². The lowest BCUT2D eigenvalue weighted by Crippen LogP contribution is -2.37. The van der Waals surface area contributed by atoms with Crippen LogP contribution in [0.15, 0.2) is 54.6 Å². The smallest absolute Gasteiger partial charge is 0.412 e. The summed E-state index contributed by atoms with van der Waals surface area (Å²) >= 11 is 0. The number of ether oxygens (including phenoxy) is 2. The minimum Gasteiger partial charge on any atom is -0.466 e. The van der Waals surface area contributed by atoms with Gasteiger partial charge in [-0.3, -0.25) is 19.8 Å². The standard InChI is InChI=1S/C31H41N3O6/c1-7-39-28(36)24-19-34(20-31(5,6)38)18-23(24)22-15-12-21(13-16-22)14-17-27(35)32-25-10-8-9-11-26(25)33-29(37)40-30(2,3)4/h8-17,23-24,38H,7,18-20H2,1-6H3,(H,32,35)(H,33,37)/b17-14+. The fourth-order valence-electron chi connectivity index (χ4n) is 4.70. The normalized spacial score (nSPS) is 18.0. The number of anilines is 2. The summed E-state index contributed by atoms with van der Waals surface area (Å²) < 4.78 is 10.6. The molecule has 0 spiro atoms. The molecule has 2 aromatic rings. The second kappa shape index (κ2) is 13.1. The second-order valence-electron chi connectivity index (χ2n) is 11.6. The molecule has 9 heteroatoms. The Hall–Kier alpha value is -3.69. The van der Waals surface area contributed by atoms with Crippen LogP contribution in [0, 0.1) is 5.92 Å². The van der Waals surface area contributed by atoms with Gasteiger partial charge in [0, 0.05) is 31.6 Å². The third kappa shape index (κ3) is 9.50. The number of aliphatic hydroxyl groups is 1. The van der Waals surface area contributed by atoms with Crippen LogP contribution in [0.25, 0.3) is 6.08 Å². The van der Waals surface area contributed by atoms with E-state index in [-0.39, 0.29) is 23.7 Å². The van der Waals surface area contributed by atoms with Gasteiger partial charge in [0.1, 0.15) is 5.60 Å². The third-order valence-corrected chi connectivity index (χ3v) is 6.21. The lowest BCUT2D eigenvalue weighted by atomic mass is 9.88. The SMILES string of the molecule is CCOC(=O)C1CN(CC(C)(C)O)CC1c1ccc(/C=C/C(=O)Nc2ccccc2NC(=O)OC(C)(C)C)cc1. The Balaban J connectivity index is 1.66. The first-order valence-electron chi connectivity index (χ1n) is 13.5. The number of esters is 1. The molecule has 1 fully saturated rings. The molecule has 216 valence electrons. The van der Waals surface area contributed by atoms with Gasteiger partial charge in [-0.1, -0.05) is 36.4 Å². The molecule has 0 radical (unpaired) electrons. The van der Waals surface area contributed by atoms with E-state index in [1.807, 2.05) is 24.3 Å². The van der Waals surface area contributed by atoms with Crippen LogP contribution in [-0.4, -0.2) is 65.4 Å². The summed E-state index contributed by atoms with van der Waals surface area (Å²) in [6, 6.07) is 14.6. The van der Waals surface area contributed by atoms with Gasteiger partial charge in [-0.05, 0) is 70.9 Å². The van der Waals surface area contributed by atoms with Gasteiger partial charge in [-0.15, -0.1) is 0 Å². The van der Waals surface area contributed by atoms with Crippen LogP contribution in [0.4, 0.5) is 16.2 Å². The quantitative estimate of drug-likeness (QED) is 0.295. The largest absolute Gasteiger partial charge is 0.466 e. The van der Waals surface area contributed by atoms with Gasteiger partial charge >= 0.3 is 12.1 Å². The van der Waals surface area contributed by atoms with Crippen molar-refractivity contribution in [2.24, 2.45) is 5.92 Å². The van der Waals surface area contributed by atoms with Gasteiger partial charge in [0.25, 0.3) is 0 Å². The number of nitrogens with one attached hydrogen (secondary N) is 2. The molecule has 2 atom stereocenters. The lowest BCUT2D eigenvalue weighted by molar-refractivity contribution is -0.148. The number of hydrogen-bond donors (Lipinski definition) is 3. The average Bonchev–Trinajstić information content (AvgIpc) is 3.25. The van der Waals surface area contributed by atoms with Gasteiger partial charge in [0.15, 0.2) is 0 Å². The summed E-state index contributed by atoms with van der Waals surface area (Å²) in [7, 11) is 0. The number of rotatable bonds is 9. The monoisotopic (exact) mass is 551 g/mol. The van der Waals surface area contributed by atoms with E-state index < -0.39 is 17.3 Å². The van der Waals surface area contributed by atoms with E-state index in [0.29, 0.717) is 37.6 Å². The van der Waals surface area contributed by atoms with Crippen molar-refractivity contribution in [1.29, 1.82) is 0 Å². The van der Waals surface area contributed by atoms with Crippen molar-refractivity contribution >= 4 is 35.4 Å². The first-order chi connectivity index (χ1) is 18.7. The Morgan fingerprint density at radius 1 is 0.975 bits per heavy atom. The van der Waals surface area contributed by atoms with Crippen molar-refractivity contribution in [3.63, 3.8) is 0 Å². The van der Waals surface area contributed by atoms with Crippen LogP contribution in [0.1, 0.15) is 58.6 Å². The summed E-state index contributed by atoms with van der Waals surface area (Å²) in [5, 5.41) is 15.7. The molecular formula is C31H41N3O6. The fraction of sp³-hybridized carbons (Fsp3) is 0.452. The fourth-order valence-corrected chi connectivity index (χ4v) is 4.70. The van der Waals surface area contributed by atoms with Crippen LogP contribution in [0.2, 0.25) is 0 Å². The Morgan fingerprint density at radius 2 is 1.60 bits per heavy atom. The molecule has 2 aromatic carbocycles. The predicted octanol–water partition coefficient (Wildman–Crippen LogP) is 5.03. The van der Waals surface area contributed by atoms with Crippen molar-refractivity contribution in [2.45, 2.75) is 58.7 Å². The van der Waals surface area contributed by atoms with Crippen molar-refractivity contribution in [3.05, 3.63) is 65.7 Å². The highest BCUT2D eigenvalue weighted by molar-refractivity contribution is 6.05. The lowest BCUT2D eigenvalue weighted by Gasteiger charge is -2.25. The van der Waals surface area contributed by atoms with E-state index >= 15 is 0 Å². The minimum absolute atomic E-state index is 0.0586. The van der Waals surface area contributed by atoms with Crippen LogP contribution in [0.3, 0.4) is 0 Å². The van der Waals surface area contributed by atoms with E-state index in [1.165, 1.54) is 6.08 Å². The summed E-state index contributed by atoms with van der Waals surface area (Å²) in [6.45, 7) is 12.6. The van der Waals surface area contributed by atoms with Gasteiger partial charge < -0.3 is 19.9 Å². The Labute approximate surface area is 236 Å². The van der Waals surface area contributed by atoms with Crippen molar-refractivity contribution in [1.82, 2.24) is 4.90 Å². The van der Waals surface area contributed by atoms with Crippen LogP contribution in [-0.2, 0) is 19.1 Å². The minimum atomic E-state index is -0.865. The number of para-hydroxylation sites is 2. The molecule has 0 aliphatic carbocycles. The maximum atomic E-state index is 12.7. The van der Waals surface area contributed by atoms with E-state index in [2.05, 4.69) is 15.5 Å². The van der Waals surface area contributed by atoms with Crippen LogP contribution >= 0.6 is 0 Å². The highest BCUT2D eigenvalue weighted by atomic mass is 16.6. The summed E-state index contributed by atoms with van der Waals surface area (Å²) in [5.74, 6) is -0.962. The van der Waals surface area contributed by atoms with Crippen molar-refractivity contribution in [2.75, 3.05) is 36.9 Å². The van der Waals surface area contributed by atoms with E-state index in [4.69, 9.17) is 9.47 Å². The highest BCUT2D eigenvalue weighted by Gasteiger charge is 2.40. The molecule has 2 unspecified atom stereocenters. The number of hydrogen-bond acceptors (Lipinski definition) is 7. The molecule has 1 heterocycles. The molecule has 0 aromatic heterocycles. The molecule has 2 amide bonds. The molecule has 9 nitrogen and oxygen atoms in total. The molecule has 3 rings (SSSR count).